The fourth-order valence-electron chi connectivity index (χ4n) is 1.97. The molecule has 1 N–H and O–H groups in total. The van der Waals surface area contributed by atoms with Crippen molar-refractivity contribution in [1.82, 2.24) is 14.8 Å². The van der Waals surface area contributed by atoms with E-state index in [9.17, 15) is 0 Å². The van der Waals surface area contributed by atoms with Gasteiger partial charge in [-0.05, 0) is 25.1 Å². The number of nitrogens with one attached hydrogen (secondary N) is 1. The lowest BCUT2D eigenvalue weighted by Gasteiger charge is -2.12. The summed E-state index contributed by atoms with van der Waals surface area (Å²) in [5.41, 5.74) is 2.82. The lowest BCUT2D eigenvalue weighted by atomic mass is 10.2. The quantitative estimate of drug-likeness (QED) is 0.795. The van der Waals surface area contributed by atoms with Crippen molar-refractivity contribution in [2.24, 2.45) is 0 Å². The molecule has 0 aliphatic carbocycles. The topological polar surface area (TPSA) is 42.7 Å². The van der Waals surface area contributed by atoms with Gasteiger partial charge in [-0.3, -0.25) is 0 Å². The van der Waals surface area contributed by atoms with Gasteiger partial charge in [-0.15, -0.1) is 11.3 Å². The van der Waals surface area contributed by atoms with E-state index in [1.54, 1.807) is 22.2 Å². The van der Waals surface area contributed by atoms with E-state index < -0.39 is 0 Å². The van der Waals surface area contributed by atoms with Crippen molar-refractivity contribution >= 4 is 28.6 Å². The minimum Gasteiger partial charge on any atom is -0.378 e. The molecule has 2 aromatic heterocycles. The average Bonchev–Trinajstić information content (AvgIpc) is 3.08. The zero-order valence-electron chi connectivity index (χ0n) is 10.9. The molecule has 0 aliphatic rings. The van der Waals surface area contributed by atoms with Gasteiger partial charge in [-0.1, -0.05) is 17.7 Å². The molecule has 6 heteroatoms. The maximum absolute atomic E-state index is 6.29. The van der Waals surface area contributed by atoms with Crippen LogP contribution in [0.5, 0.6) is 0 Å². The average molecular weight is 305 g/mol. The summed E-state index contributed by atoms with van der Waals surface area (Å²) in [6, 6.07) is 7.64. The molecule has 4 nitrogen and oxygen atoms in total. The van der Waals surface area contributed by atoms with E-state index in [1.165, 1.54) is 0 Å². The fraction of sp³-hybridized carbons (Fsp3) is 0.143. The predicted octanol–water partition coefficient (Wildman–Crippen LogP) is 3.90. The van der Waals surface area contributed by atoms with E-state index in [4.69, 9.17) is 11.6 Å². The second kappa shape index (κ2) is 5.64. The highest BCUT2D eigenvalue weighted by molar-refractivity contribution is 7.09. The highest BCUT2D eigenvalue weighted by Gasteiger charge is 2.09. The molecule has 0 bridgehead atoms. The van der Waals surface area contributed by atoms with Crippen LogP contribution in [0.4, 0.5) is 5.69 Å². The van der Waals surface area contributed by atoms with Crippen LogP contribution in [0, 0.1) is 6.92 Å². The van der Waals surface area contributed by atoms with Crippen LogP contribution >= 0.6 is 22.9 Å². The summed E-state index contributed by atoms with van der Waals surface area (Å²) in [5, 5.41) is 11.4. The molecule has 0 spiro atoms. The van der Waals surface area contributed by atoms with E-state index in [-0.39, 0.29) is 0 Å². The molecule has 20 heavy (non-hydrogen) atoms. The van der Waals surface area contributed by atoms with Crippen LogP contribution in [0.2, 0.25) is 5.02 Å². The summed E-state index contributed by atoms with van der Waals surface area (Å²) in [6.45, 7) is 2.67. The van der Waals surface area contributed by atoms with Crippen LogP contribution in [0.15, 0.2) is 42.0 Å². The third kappa shape index (κ3) is 2.69. The summed E-state index contributed by atoms with van der Waals surface area (Å²) in [7, 11) is 0. The van der Waals surface area contributed by atoms with Gasteiger partial charge in [0.2, 0.25) is 0 Å². The largest absolute Gasteiger partial charge is 0.378 e. The molecule has 0 amide bonds. The minimum atomic E-state index is 0.660. The molecular weight excluding hydrogens is 292 g/mol. The first-order valence-electron chi connectivity index (χ1n) is 6.17. The first kappa shape index (κ1) is 13.1. The van der Waals surface area contributed by atoms with Crippen molar-refractivity contribution in [1.29, 1.82) is 0 Å². The number of aromatic nitrogens is 3. The molecule has 102 valence electrons. The van der Waals surface area contributed by atoms with Crippen LogP contribution in [0.3, 0.4) is 0 Å². The standard InChI is InChI=1S/C14H13ClN4S/c1-10-18-11(9-20-10)8-16-13-5-2-4-12(15)14(13)19-7-3-6-17-19/h2-7,9,16H,8H2,1H3. The normalized spacial score (nSPS) is 10.7. The second-order valence-electron chi connectivity index (χ2n) is 4.30. The molecule has 0 radical (unpaired) electrons. The first-order chi connectivity index (χ1) is 9.74. The van der Waals surface area contributed by atoms with Crippen molar-refractivity contribution in [3.05, 3.63) is 57.8 Å². The van der Waals surface area contributed by atoms with E-state index in [1.807, 2.05) is 37.4 Å². The third-order valence-electron chi connectivity index (χ3n) is 2.85. The highest BCUT2D eigenvalue weighted by atomic mass is 35.5. The molecule has 0 saturated carbocycles. The smallest absolute Gasteiger partial charge is 0.106 e. The van der Waals surface area contributed by atoms with E-state index in [0.29, 0.717) is 11.6 Å². The van der Waals surface area contributed by atoms with E-state index in [0.717, 1.165) is 22.1 Å². The Morgan fingerprint density at radius 2 is 2.25 bits per heavy atom. The number of hydrogen-bond acceptors (Lipinski definition) is 4. The SMILES string of the molecule is Cc1nc(CNc2cccc(Cl)c2-n2cccn2)cs1. The van der Waals surface area contributed by atoms with Gasteiger partial charge in [0.25, 0.3) is 0 Å². The number of halogens is 1. The van der Waals surface area contributed by atoms with Gasteiger partial charge < -0.3 is 5.32 Å². The Morgan fingerprint density at radius 1 is 1.35 bits per heavy atom. The summed E-state index contributed by atoms with van der Waals surface area (Å²) >= 11 is 7.94. The lowest BCUT2D eigenvalue weighted by Crippen LogP contribution is -2.05. The zero-order valence-corrected chi connectivity index (χ0v) is 12.4. The third-order valence-corrected chi connectivity index (χ3v) is 3.97. The maximum atomic E-state index is 6.29. The number of rotatable bonds is 4. The summed E-state index contributed by atoms with van der Waals surface area (Å²) in [5.74, 6) is 0. The first-order valence-corrected chi connectivity index (χ1v) is 7.43. The minimum absolute atomic E-state index is 0.660. The maximum Gasteiger partial charge on any atom is 0.106 e. The Hall–Kier alpha value is -1.85. The van der Waals surface area contributed by atoms with Gasteiger partial charge >= 0.3 is 0 Å². The van der Waals surface area contributed by atoms with Crippen LogP contribution in [-0.2, 0) is 6.54 Å². The lowest BCUT2D eigenvalue weighted by molar-refractivity contribution is 0.878. The Bertz CT molecular complexity index is 706. The van der Waals surface area contributed by atoms with Gasteiger partial charge in [0.05, 0.1) is 28.0 Å². The van der Waals surface area contributed by atoms with Crippen molar-refractivity contribution in [3.63, 3.8) is 0 Å². The Morgan fingerprint density at radius 3 is 2.95 bits per heavy atom. The Kier molecular flexibility index (Phi) is 3.71. The van der Waals surface area contributed by atoms with Crippen molar-refractivity contribution in [3.8, 4) is 5.69 Å². The molecule has 3 rings (SSSR count). The van der Waals surface area contributed by atoms with Crippen molar-refractivity contribution in [2.75, 3.05) is 5.32 Å². The number of thiazole rings is 1. The Balaban J connectivity index is 1.88. The molecule has 0 saturated heterocycles. The summed E-state index contributed by atoms with van der Waals surface area (Å²) in [6.07, 6.45) is 3.61. The molecule has 0 atom stereocenters. The Labute approximate surface area is 126 Å². The molecule has 0 fully saturated rings. The molecule has 1 aromatic carbocycles. The van der Waals surface area contributed by atoms with Crippen molar-refractivity contribution < 1.29 is 0 Å². The van der Waals surface area contributed by atoms with Crippen LogP contribution in [-0.4, -0.2) is 14.8 Å². The monoisotopic (exact) mass is 304 g/mol. The zero-order chi connectivity index (χ0) is 13.9. The van der Waals surface area contributed by atoms with Crippen molar-refractivity contribution in [2.45, 2.75) is 13.5 Å². The number of anilines is 1. The number of aryl methyl sites for hydroxylation is 1. The van der Waals surface area contributed by atoms with Crippen LogP contribution in [0.25, 0.3) is 5.69 Å². The number of nitrogens with zero attached hydrogens (tertiary/aromatic N) is 3. The number of para-hydroxylation sites is 1. The van der Waals surface area contributed by atoms with Gasteiger partial charge in [0.1, 0.15) is 5.69 Å². The van der Waals surface area contributed by atoms with Gasteiger partial charge in [-0.25, -0.2) is 9.67 Å². The molecule has 0 aliphatic heterocycles. The number of benzene rings is 1. The molecular formula is C14H13ClN4S. The predicted molar refractivity (Wildman–Crippen MR) is 82.8 cm³/mol. The molecule has 2 heterocycles. The second-order valence-corrected chi connectivity index (χ2v) is 5.77. The van der Waals surface area contributed by atoms with E-state index in [2.05, 4.69) is 20.8 Å². The highest BCUT2D eigenvalue weighted by Crippen LogP contribution is 2.28. The fourth-order valence-corrected chi connectivity index (χ4v) is 2.84. The van der Waals surface area contributed by atoms with Crippen LogP contribution < -0.4 is 5.32 Å². The summed E-state index contributed by atoms with van der Waals surface area (Å²) < 4.78 is 1.76. The van der Waals surface area contributed by atoms with Gasteiger partial charge in [-0.2, -0.15) is 5.10 Å². The van der Waals surface area contributed by atoms with E-state index >= 15 is 0 Å². The van der Waals surface area contributed by atoms with Gasteiger partial charge in [0, 0.05) is 17.8 Å². The molecule has 0 unspecified atom stereocenters. The summed E-state index contributed by atoms with van der Waals surface area (Å²) in [4.78, 5) is 4.44. The van der Waals surface area contributed by atoms with Crippen LogP contribution in [0.1, 0.15) is 10.7 Å². The van der Waals surface area contributed by atoms with Gasteiger partial charge in [0.15, 0.2) is 0 Å². The number of hydrogen-bond donors (Lipinski definition) is 1. The molecule has 3 aromatic rings.